The van der Waals surface area contributed by atoms with Crippen molar-refractivity contribution in [2.75, 3.05) is 26.2 Å². The predicted octanol–water partition coefficient (Wildman–Crippen LogP) is 4.44. The van der Waals surface area contributed by atoms with Crippen LogP contribution in [0, 0.1) is 0 Å². The lowest BCUT2D eigenvalue weighted by molar-refractivity contribution is 0.215. The van der Waals surface area contributed by atoms with Crippen LogP contribution in [0.1, 0.15) is 37.3 Å². The van der Waals surface area contributed by atoms with Crippen LogP contribution >= 0.6 is 24.0 Å². The Labute approximate surface area is 200 Å². The summed E-state index contributed by atoms with van der Waals surface area (Å²) in [6, 6.07) is 16.1. The lowest BCUT2D eigenvalue weighted by Crippen LogP contribution is -2.42. The maximum Gasteiger partial charge on any atom is 0.191 e. The van der Waals surface area contributed by atoms with Gasteiger partial charge in [0.2, 0.25) is 0 Å². The molecule has 0 amide bonds. The normalized spacial score (nSPS) is 15.5. The van der Waals surface area contributed by atoms with Crippen LogP contribution in [0.15, 0.2) is 68.7 Å². The lowest BCUT2D eigenvalue weighted by Gasteiger charge is -2.26. The van der Waals surface area contributed by atoms with E-state index in [4.69, 9.17) is 13.9 Å². The number of likely N-dealkylation sites (tertiary alicyclic amines) is 1. The van der Waals surface area contributed by atoms with Crippen LogP contribution in [0.3, 0.4) is 0 Å². The van der Waals surface area contributed by atoms with Crippen LogP contribution in [0.25, 0.3) is 11.3 Å². The maximum atomic E-state index is 5.71. The molecule has 1 aromatic carbocycles. The molecule has 3 aromatic rings. The summed E-state index contributed by atoms with van der Waals surface area (Å²) in [6.45, 7) is 6.22. The number of nitrogens with one attached hydrogen (secondary N) is 2. The highest BCUT2D eigenvalue weighted by atomic mass is 127. The molecule has 1 aliphatic rings. The molecular weight excluding hydrogens is 505 g/mol. The number of halogens is 1. The number of nitrogens with zero attached hydrogens (tertiary/aromatic N) is 3. The third kappa shape index (κ3) is 6.33. The first-order valence-corrected chi connectivity index (χ1v) is 10.6. The van der Waals surface area contributed by atoms with Crippen molar-refractivity contribution in [3.05, 3.63) is 66.2 Å². The summed E-state index contributed by atoms with van der Waals surface area (Å²) in [6.07, 6.45) is 4.22. The largest absolute Gasteiger partial charge is 0.468 e. The van der Waals surface area contributed by atoms with Crippen molar-refractivity contribution in [3.63, 3.8) is 0 Å². The Morgan fingerprint density at radius 2 is 1.94 bits per heavy atom. The van der Waals surface area contributed by atoms with Crippen LogP contribution in [0.4, 0.5) is 0 Å². The van der Waals surface area contributed by atoms with Crippen molar-refractivity contribution in [1.82, 2.24) is 20.7 Å². The molecule has 0 radical (unpaired) electrons. The van der Waals surface area contributed by atoms with Crippen molar-refractivity contribution >= 4 is 29.9 Å². The number of hydrogen-bond acceptors (Lipinski definition) is 5. The topological polar surface area (TPSA) is 78.8 Å². The number of benzene rings is 1. The molecule has 1 unspecified atom stereocenters. The van der Waals surface area contributed by atoms with Gasteiger partial charge in [-0.1, -0.05) is 35.5 Å². The van der Waals surface area contributed by atoms with Gasteiger partial charge in [-0.2, -0.15) is 0 Å². The molecule has 166 valence electrons. The predicted molar refractivity (Wildman–Crippen MR) is 132 cm³/mol. The first-order valence-electron chi connectivity index (χ1n) is 10.6. The monoisotopic (exact) mass is 535 g/mol. The van der Waals surface area contributed by atoms with E-state index >= 15 is 0 Å². The second kappa shape index (κ2) is 11.9. The van der Waals surface area contributed by atoms with Gasteiger partial charge in [-0.25, -0.2) is 4.99 Å². The van der Waals surface area contributed by atoms with Crippen LogP contribution in [0.5, 0.6) is 0 Å². The quantitative estimate of drug-likeness (QED) is 0.252. The summed E-state index contributed by atoms with van der Waals surface area (Å²) in [4.78, 5) is 7.16. The summed E-state index contributed by atoms with van der Waals surface area (Å²) in [5, 5.41) is 11.0. The molecule has 0 aliphatic carbocycles. The second-order valence-electron chi connectivity index (χ2n) is 7.40. The fourth-order valence-corrected chi connectivity index (χ4v) is 3.76. The van der Waals surface area contributed by atoms with E-state index in [1.165, 1.54) is 12.8 Å². The highest BCUT2D eigenvalue weighted by Crippen LogP contribution is 2.25. The average Bonchev–Trinajstić information content (AvgIpc) is 3.56. The van der Waals surface area contributed by atoms with Gasteiger partial charge in [0.1, 0.15) is 11.5 Å². The molecule has 1 aliphatic heterocycles. The van der Waals surface area contributed by atoms with Crippen LogP contribution in [0.2, 0.25) is 0 Å². The first-order chi connectivity index (χ1) is 14.8. The van der Waals surface area contributed by atoms with Gasteiger partial charge >= 0.3 is 0 Å². The fraction of sp³-hybridized carbons (Fsp3) is 0.391. The summed E-state index contributed by atoms with van der Waals surface area (Å²) in [5.41, 5.74) is 1.81. The first kappa shape index (κ1) is 23.3. The fourth-order valence-electron chi connectivity index (χ4n) is 3.76. The minimum Gasteiger partial charge on any atom is -0.468 e. The number of aromatic nitrogens is 1. The van der Waals surface area contributed by atoms with Gasteiger partial charge in [-0.3, -0.25) is 4.90 Å². The molecule has 2 aromatic heterocycles. The van der Waals surface area contributed by atoms with Gasteiger partial charge < -0.3 is 19.6 Å². The molecule has 0 spiro atoms. The van der Waals surface area contributed by atoms with Gasteiger partial charge in [-0.05, 0) is 45.0 Å². The van der Waals surface area contributed by atoms with Crippen molar-refractivity contribution in [3.8, 4) is 11.3 Å². The van der Waals surface area contributed by atoms with Crippen molar-refractivity contribution in [2.24, 2.45) is 4.99 Å². The summed E-state index contributed by atoms with van der Waals surface area (Å²) < 4.78 is 11.2. The Morgan fingerprint density at radius 3 is 2.65 bits per heavy atom. The summed E-state index contributed by atoms with van der Waals surface area (Å²) >= 11 is 0. The van der Waals surface area contributed by atoms with Gasteiger partial charge in [0, 0.05) is 24.7 Å². The summed E-state index contributed by atoms with van der Waals surface area (Å²) in [7, 11) is 0. The van der Waals surface area contributed by atoms with Crippen LogP contribution < -0.4 is 10.6 Å². The number of aliphatic imine (C=N–C) groups is 1. The smallest absolute Gasteiger partial charge is 0.191 e. The molecule has 4 rings (SSSR count). The number of rotatable bonds is 8. The third-order valence-corrected chi connectivity index (χ3v) is 5.28. The molecule has 0 bridgehead atoms. The molecule has 1 saturated heterocycles. The molecular formula is C23H30IN5O2. The Bertz CT molecular complexity index is 921. The minimum absolute atomic E-state index is 0. The number of hydrogen-bond donors (Lipinski definition) is 2. The van der Waals surface area contributed by atoms with E-state index < -0.39 is 0 Å². The molecule has 2 N–H and O–H groups in total. The second-order valence-corrected chi connectivity index (χ2v) is 7.40. The van der Waals surface area contributed by atoms with Crippen molar-refractivity contribution in [2.45, 2.75) is 32.4 Å². The lowest BCUT2D eigenvalue weighted by atomic mass is 10.2. The Morgan fingerprint density at radius 1 is 1.13 bits per heavy atom. The minimum atomic E-state index is 0. The average molecular weight is 535 g/mol. The van der Waals surface area contributed by atoms with E-state index in [0.717, 1.165) is 54.9 Å². The molecule has 1 fully saturated rings. The van der Waals surface area contributed by atoms with Crippen molar-refractivity contribution in [1.29, 1.82) is 0 Å². The highest BCUT2D eigenvalue weighted by molar-refractivity contribution is 14.0. The zero-order chi connectivity index (χ0) is 20.6. The van der Waals surface area contributed by atoms with E-state index in [1.807, 2.05) is 42.5 Å². The van der Waals surface area contributed by atoms with E-state index in [2.05, 4.69) is 33.7 Å². The zero-order valence-corrected chi connectivity index (χ0v) is 20.1. The molecule has 0 saturated carbocycles. The van der Waals surface area contributed by atoms with Gasteiger partial charge in [0.05, 0.1) is 18.8 Å². The van der Waals surface area contributed by atoms with Crippen LogP contribution in [-0.2, 0) is 6.54 Å². The van der Waals surface area contributed by atoms with Gasteiger partial charge in [0.15, 0.2) is 11.7 Å². The molecule has 1 atom stereocenters. The molecule has 3 heterocycles. The van der Waals surface area contributed by atoms with E-state index in [-0.39, 0.29) is 30.0 Å². The van der Waals surface area contributed by atoms with E-state index in [1.54, 1.807) is 6.26 Å². The molecule has 31 heavy (non-hydrogen) atoms. The Hall–Kier alpha value is -2.33. The van der Waals surface area contributed by atoms with Crippen molar-refractivity contribution < 1.29 is 8.94 Å². The SMILES string of the molecule is CCNC(=NCc1cc(-c2ccccc2)on1)NCC(c1ccco1)N1CCCC1.I. The highest BCUT2D eigenvalue weighted by Gasteiger charge is 2.25. The number of guanidine groups is 1. The van der Waals surface area contributed by atoms with Crippen LogP contribution in [-0.4, -0.2) is 42.2 Å². The zero-order valence-electron chi connectivity index (χ0n) is 17.8. The standard InChI is InChI=1S/C23H29N5O2.HI/c1-2-24-23(25-16-19-15-22(30-27-19)18-9-4-3-5-10-18)26-17-20(21-11-8-14-29-21)28-12-6-7-13-28;/h3-5,8-11,14-15,20H,2,6-7,12-13,16-17H2,1H3,(H2,24,25,26);1H. The Balaban J connectivity index is 0.00000272. The summed E-state index contributed by atoms with van der Waals surface area (Å²) in [5.74, 6) is 2.51. The maximum absolute atomic E-state index is 5.71. The Kier molecular flexibility index (Phi) is 8.96. The molecule has 7 nitrogen and oxygen atoms in total. The van der Waals surface area contributed by atoms with Gasteiger partial charge in [0.25, 0.3) is 0 Å². The van der Waals surface area contributed by atoms with Gasteiger partial charge in [-0.15, -0.1) is 24.0 Å². The van der Waals surface area contributed by atoms with E-state index in [0.29, 0.717) is 6.54 Å². The number of furan rings is 1. The third-order valence-electron chi connectivity index (χ3n) is 5.28. The molecule has 8 heteroatoms. The van der Waals surface area contributed by atoms with E-state index in [9.17, 15) is 0 Å².